The van der Waals surface area contributed by atoms with Crippen LogP contribution in [0.1, 0.15) is 104 Å². The van der Waals surface area contributed by atoms with E-state index >= 15 is 0 Å². The van der Waals surface area contributed by atoms with Crippen molar-refractivity contribution in [2.24, 2.45) is 0 Å². The maximum absolute atomic E-state index is 9.26. The number of ether oxygens (including phenoxy) is 1. The lowest BCUT2D eigenvalue weighted by Crippen LogP contribution is -2.24. The minimum absolute atomic E-state index is 0.161. The molecule has 23 heavy (non-hydrogen) atoms. The lowest BCUT2D eigenvalue weighted by atomic mass is 10.0. The van der Waals surface area contributed by atoms with Gasteiger partial charge in [-0.15, -0.1) is 0 Å². The predicted molar refractivity (Wildman–Crippen MR) is 98.8 cm³/mol. The lowest BCUT2D eigenvalue weighted by molar-refractivity contribution is -0.0419. The second-order valence-corrected chi connectivity index (χ2v) is 6.81. The van der Waals surface area contributed by atoms with Crippen LogP contribution in [0.2, 0.25) is 0 Å². The van der Waals surface area contributed by atoms with Crippen LogP contribution in [0, 0.1) is 0 Å². The fourth-order valence-corrected chi connectivity index (χ4v) is 3.07. The van der Waals surface area contributed by atoms with Gasteiger partial charge in [0.05, 0.1) is 12.2 Å². The summed E-state index contributed by atoms with van der Waals surface area (Å²) in [6.07, 6.45) is 16.6. The molecule has 0 spiro atoms. The van der Waals surface area contributed by atoms with Crippen LogP contribution < -0.4 is 0 Å². The van der Waals surface area contributed by atoms with E-state index in [0.717, 1.165) is 25.7 Å². The van der Waals surface area contributed by atoms with Crippen LogP contribution in [0.5, 0.6) is 0 Å². The summed E-state index contributed by atoms with van der Waals surface area (Å²) < 4.78 is 6.22. The molecule has 2 N–H and O–H groups in total. The monoisotopic (exact) mass is 330 g/mol. The maximum Gasteiger partial charge on any atom is 0.0600 e. The SMILES string of the molecule is CCCCCCCC(CCO)OC(CCO)CCCCCCC. The molecule has 2 unspecified atom stereocenters. The van der Waals surface area contributed by atoms with Gasteiger partial charge in [-0.1, -0.05) is 78.1 Å². The summed E-state index contributed by atoms with van der Waals surface area (Å²) in [5, 5.41) is 18.5. The molecule has 0 radical (unpaired) electrons. The fraction of sp³-hybridized carbons (Fsp3) is 1.00. The van der Waals surface area contributed by atoms with Gasteiger partial charge in [0.25, 0.3) is 0 Å². The molecule has 0 aromatic carbocycles. The van der Waals surface area contributed by atoms with Gasteiger partial charge in [0.1, 0.15) is 0 Å². The first-order valence-corrected chi connectivity index (χ1v) is 10.2. The second-order valence-electron chi connectivity index (χ2n) is 6.81. The molecule has 0 saturated carbocycles. The Morgan fingerprint density at radius 2 is 0.957 bits per heavy atom. The Bertz CT molecular complexity index is 199. The van der Waals surface area contributed by atoms with E-state index in [1.165, 1.54) is 64.2 Å². The van der Waals surface area contributed by atoms with E-state index in [-0.39, 0.29) is 25.4 Å². The summed E-state index contributed by atoms with van der Waals surface area (Å²) in [4.78, 5) is 0. The van der Waals surface area contributed by atoms with Crippen molar-refractivity contribution in [3.63, 3.8) is 0 Å². The van der Waals surface area contributed by atoms with Gasteiger partial charge < -0.3 is 14.9 Å². The zero-order valence-electron chi connectivity index (χ0n) is 15.8. The number of hydrogen-bond acceptors (Lipinski definition) is 3. The largest absolute Gasteiger partial charge is 0.396 e. The van der Waals surface area contributed by atoms with Gasteiger partial charge >= 0.3 is 0 Å². The van der Waals surface area contributed by atoms with E-state index in [1.54, 1.807) is 0 Å². The third-order valence-electron chi connectivity index (χ3n) is 4.55. The Balaban J connectivity index is 4.02. The normalized spacial score (nSPS) is 14.1. The molecule has 3 heteroatoms. The number of aliphatic hydroxyl groups excluding tert-OH is 2. The van der Waals surface area contributed by atoms with E-state index in [1.807, 2.05) is 0 Å². The van der Waals surface area contributed by atoms with Crippen LogP contribution in [0.4, 0.5) is 0 Å². The molecular weight excluding hydrogens is 288 g/mol. The van der Waals surface area contributed by atoms with Crippen LogP contribution >= 0.6 is 0 Å². The number of rotatable bonds is 18. The molecule has 0 rings (SSSR count). The van der Waals surface area contributed by atoms with Crippen LogP contribution in [-0.2, 0) is 4.74 Å². The molecule has 3 nitrogen and oxygen atoms in total. The molecule has 0 aliphatic rings. The molecule has 0 aromatic heterocycles. The topological polar surface area (TPSA) is 49.7 Å². The van der Waals surface area contributed by atoms with Crippen LogP contribution in [-0.4, -0.2) is 35.6 Å². The predicted octanol–water partition coefficient (Wildman–Crippen LogP) is 5.23. The van der Waals surface area contributed by atoms with Gasteiger partial charge in [0.15, 0.2) is 0 Å². The van der Waals surface area contributed by atoms with E-state index < -0.39 is 0 Å². The number of aliphatic hydroxyl groups is 2. The Morgan fingerprint density at radius 3 is 1.30 bits per heavy atom. The fourth-order valence-electron chi connectivity index (χ4n) is 3.07. The number of hydrogen-bond donors (Lipinski definition) is 2. The maximum atomic E-state index is 9.26. The van der Waals surface area contributed by atoms with E-state index in [2.05, 4.69) is 13.8 Å². The Labute approximate surface area is 144 Å². The summed E-state index contributed by atoms with van der Waals surface area (Å²) in [5.41, 5.74) is 0. The van der Waals surface area contributed by atoms with Crippen molar-refractivity contribution < 1.29 is 14.9 Å². The van der Waals surface area contributed by atoms with Crippen molar-refractivity contribution in [1.29, 1.82) is 0 Å². The van der Waals surface area contributed by atoms with Crippen LogP contribution in [0.25, 0.3) is 0 Å². The van der Waals surface area contributed by atoms with Crippen LogP contribution in [0.15, 0.2) is 0 Å². The standard InChI is InChI=1S/C20H42O3/c1-3-5-7-9-11-13-19(15-17-21)23-20(16-18-22)14-12-10-8-6-4-2/h19-22H,3-18H2,1-2H3. The molecule has 0 amide bonds. The first-order chi connectivity index (χ1) is 11.3. The summed E-state index contributed by atoms with van der Waals surface area (Å²) in [7, 11) is 0. The van der Waals surface area contributed by atoms with Crippen molar-refractivity contribution in [2.45, 2.75) is 116 Å². The van der Waals surface area contributed by atoms with Gasteiger partial charge in [-0.05, 0) is 25.7 Å². The third kappa shape index (κ3) is 15.2. The summed E-state index contributed by atoms with van der Waals surface area (Å²) in [6, 6.07) is 0. The molecule has 0 bridgehead atoms. The lowest BCUT2D eigenvalue weighted by Gasteiger charge is -2.24. The Kier molecular flexibility index (Phi) is 18.1. The molecule has 0 saturated heterocycles. The molecule has 0 aliphatic heterocycles. The van der Waals surface area contributed by atoms with Crippen LogP contribution in [0.3, 0.4) is 0 Å². The average molecular weight is 331 g/mol. The smallest absolute Gasteiger partial charge is 0.0600 e. The van der Waals surface area contributed by atoms with Gasteiger partial charge in [0.2, 0.25) is 0 Å². The minimum atomic E-state index is 0.161. The first-order valence-electron chi connectivity index (χ1n) is 10.2. The molecule has 0 aliphatic carbocycles. The van der Waals surface area contributed by atoms with Crippen molar-refractivity contribution >= 4 is 0 Å². The zero-order chi connectivity index (χ0) is 17.2. The molecule has 0 heterocycles. The van der Waals surface area contributed by atoms with E-state index in [0.29, 0.717) is 0 Å². The van der Waals surface area contributed by atoms with Crippen molar-refractivity contribution in [1.82, 2.24) is 0 Å². The van der Waals surface area contributed by atoms with Gasteiger partial charge in [-0.2, -0.15) is 0 Å². The summed E-state index contributed by atoms with van der Waals surface area (Å²) in [6.45, 7) is 4.86. The summed E-state index contributed by atoms with van der Waals surface area (Å²) in [5.74, 6) is 0. The summed E-state index contributed by atoms with van der Waals surface area (Å²) >= 11 is 0. The highest BCUT2D eigenvalue weighted by atomic mass is 16.5. The average Bonchev–Trinajstić information content (AvgIpc) is 2.54. The van der Waals surface area contributed by atoms with E-state index in [9.17, 15) is 10.2 Å². The van der Waals surface area contributed by atoms with Gasteiger partial charge in [-0.25, -0.2) is 0 Å². The zero-order valence-corrected chi connectivity index (χ0v) is 15.8. The molecule has 0 fully saturated rings. The molecule has 140 valence electrons. The van der Waals surface area contributed by atoms with Crippen molar-refractivity contribution in [2.75, 3.05) is 13.2 Å². The number of unbranched alkanes of at least 4 members (excludes halogenated alkanes) is 8. The third-order valence-corrected chi connectivity index (χ3v) is 4.55. The highest BCUT2D eigenvalue weighted by Crippen LogP contribution is 2.18. The second kappa shape index (κ2) is 18.2. The van der Waals surface area contributed by atoms with Crippen molar-refractivity contribution in [3.8, 4) is 0 Å². The molecular formula is C20H42O3. The molecule has 0 aromatic rings. The Hall–Kier alpha value is -0.120. The highest BCUT2D eigenvalue weighted by molar-refractivity contribution is 4.65. The minimum Gasteiger partial charge on any atom is -0.396 e. The highest BCUT2D eigenvalue weighted by Gasteiger charge is 2.16. The quantitative estimate of drug-likeness (QED) is 0.338. The van der Waals surface area contributed by atoms with Crippen molar-refractivity contribution in [3.05, 3.63) is 0 Å². The first kappa shape index (κ1) is 22.9. The van der Waals surface area contributed by atoms with Gasteiger partial charge in [0, 0.05) is 13.2 Å². The molecule has 2 atom stereocenters. The van der Waals surface area contributed by atoms with Gasteiger partial charge in [-0.3, -0.25) is 0 Å². The van der Waals surface area contributed by atoms with E-state index in [4.69, 9.17) is 4.74 Å². The Morgan fingerprint density at radius 1 is 0.565 bits per heavy atom.